The molecule has 29 heavy (non-hydrogen) atoms. The van der Waals surface area contributed by atoms with Crippen molar-refractivity contribution in [2.24, 2.45) is 4.99 Å². The number of halogens is 2. The molecule has 1 amide bonds. The van der Waals surface area contributed by atoms with Crippen LogP contribution in [0.15, 0.2) is 47.5 Å². The van der Waals surface area contributed by atoms with Gasteiger partial charge in [0.25, 0.3) is 0 Å². The minimum atomic E-state index is -2.97. The lowest BCUT2D eigenvalue weighted by atomic mass is 10.1. The highest BCUT2D eigenvalue weighted by Crippen LogP contribution is 2.34. The van der Waals surface area contributed by atoms with E-state index in [2.05, 4.69) is 15.6 Å². The highest BCUT2D eigenvalue weighted by Gasteiger charge is 2.42. The molecule has 2 aromatic carbocycles. The number of fused-ring (bicyclic) bond motifs is 1. The molecular formula is C19H17ClFN3O3S2. The molecule has 2 N–H and O–H groups in total. The third kappa shape index (κ3) is 4.91. The molecule has 2 atom stereocenters. The van der Waals surface area contributed by atoms with Crippen LogP contribution in [0.3, 0.4) is 0 Å². The third-order valence-electron chi connectivity index (χ3n) is 4.59. The van der Waals surface area contributed by atoms with Gasteiger partial charge in [-0.05, 0) is 35.9 Å². The van der Waals surface area contributed by atoms with E-state index in [1.807, 2.05) is 24.3 Å². The van der Waals surface area contributed by atoms with Gasteiger partial charge in [0.05, 0.1) is 29.0 Å². The van der Waals surface area contributed by atoms with Gasteiger partial charge in [0, 0.05) is 16.6 Å². The lowest BCUT2D eigenvalue weighted by Gasteiger charge is -2.09. The van der Waals surface area contributed by atoms with Gasteiger partial charge >= 0.3 is 0 Å². The van der Waals surface area contributed by atoms with Crippen LogP contribution >= 0.6 is 23.4 Å². The zero-order chi connectivity index (χ0) is 20.6. The van der Waals surface area contributed by atoms with Gasteiger partial charge in [0.2, 0.25) is 5.91 Å². The summed E-state index contributed by atoms with van der Waals surface area (Å²) in [5, 5.41) is 6.54. The van der Waals surface area contributed by atoms with Gasteiger partial charge in [0.1, 0.15) is 5.82 Å². The van der Waals surface area contributed by atoms with Crippen molar-refractivity contribution >= 4 is 55.6 Å². The van der Waals surface area contributed by atoms with Gasteiger partial charge in [-0.25, -0.2) is 12.8 Å². The molecule has 4 rings (SSSR count). The Balaban J connectivity index is 1.32. The van der Waals surface area contributed by atoms with Crippen LogP contribution in [0.25, 0.3) is 0 Å². The quantitative estimate of drug-likeness (QED) is 0.741. The smallest absolute Gasteiger partial charge is 0.228 e. The minimum absolute atomic E-state index is 0.00886. The largest absolute Gasteiger partial charge is 0.335 e. The molecule has 2 aliphatic heterocycles. The van der Waals surface area contributed by atoms with Crippen LogP contribution in [0.2, 0.25) is 5.02 Å². The number of amides is 1. The highest BCUT2D eigenvalue weighted by atomic mass is 35.5. The predicted octanol–water partition coefficient (Wildman–Crippen LogP) is 3.34. The van der Waals surface area contributed by atoms with Crippen molar-refractivity contribution in [1.29, 1.82) is 0 Å². The molecule has 152 valence electrons. The summed E-state index contributed by atoms with van der Waals surface area (Å²) < 4.78 is 36.4. The molecule has 1 saturated heterocycles. The molecule has 1 fully saturated rings. The first-order valence-corrected chi connectivity index (χ1v) is 11.9. The fourth-order valence-corrected chi connectivity index (χ4v) is 7.07. The monoisotopic (exact) mass is 453 g/mol. The van der Waals surface area contributed by atoms with Crippen LogP contribution in [0.1, 0.15) is 5.56 Å². The van der Waals surface area contributed by atoms with Gasteiger partial charge in [-0.1, -0.05) is 35.5 Å². The number of anilines is 2. The molecular weight excluding hydrogens is 437 g/mol. The lowest BCUT2D eigenvalue weighted by molar-refractivity contribution is -0.115. The molecule has 2 aromatic rings. The van der Waals surface area contributed by atoms with Crippen molar-refractivity contribution in [2.75, 3.05) is 22.1 Å². The Morgan fingerprint density at radius 1 is 1.17 bits per heavy atom. The number of rotatable bonds is 4. The van der Waals surface area contributed by atoms with Crippen LogP contribution in [-0.4, -0.2) is 42.3 Å². The molecule has 6 nitrogen and oxygen atoms in total. The molecule has 0 bridgehead atoms. The van der Waals surface area contributed by atoms with E-state index < -0.39 is 15.7 Å². The summed E-state index contributed by atoms with van der Waals surface area (Å²) in [7, 11) is -2.97. The van der Waals surface area contributed by atoms with E-state index in [-0.39, 0.29) is 40.1 Å². The number of nitrogens with zero attached hydrogens (tertiary/aromatic N) is 1. The number of amidine groups is 1. The van der Waals surface area contributed by atoms with Gasteiger partial charge in [-0.2, -0.15) is 0 Å². The van der Waals surface area contributed by atoms with Crippen molar-refractivity contribution < 1.29 is 17.6 Å². The molecule has 2 heterocycles. The number of benzene rings is 2. The summed E-state index contributed by atoms with van der Waals surface area (Å²) in [6.07, 6.45) is 0.160. The van der Waals surface area contributed by atoms with E-state index in [1.165, 1.54) is 30.0 Å². The average molecular weight is 454 g/mol. The Kier molecular flexibility index (Phi) is 5.54. The Morgan fingerprint density at radius 2 is 1.90 bits per heavy atom. The zero-order valence-electron chi connectivity index (χ0n) is 15.1. The predicted molar refractivity (Wildman–Crippen MR) is 115 cm³/mol. The summed E-state index contributed by atoms with van der Waals surface area (Å²) in [4.78, 5) is 16.6. The summed E-state index contributed by atoms with van der Waals surface area (Å²) in [5.41, 5.74) is 2.06. The van der Waals surface area contributed by atoms with E-state index >= 15 is 0 Å². The molecule has 0 radical (unpaired) electrons. The summed E-state index contributed by atoms with van der Waals surface area (Å²) in [6, 6.07) is 11.2. The molecule has 0 aromatic heterocycles. The molecule has 2 aliphatic rings. The summed E-state index contributed by atoms with van der Waals surface area (Å²) >= 11 is 7.17. The fourth-order valence-electron chi connectivity index (χ4n) is 3.21. The number of hydrogen-bond donors (Lipinski definition) is 2. The molecule has 0 saturated carbocycles. The second-order valence-corrected chi connectivity index (χ2v) is 10.7. The Hall–Kier alpha value is -2.10. The Morgan fingerprint density at radius 3 is 2.59 bits per heavy atom. The summed E-state index contributed by atoms with van der Waals surface area (Å²) in [5.74, 6) is -0.491. The van der Waals surface area contributed by atoms with Crippen molar-refractivity contribution in [2.45, 2.75) is 17.7 Å². The summed E-state index contributed by atoms with van der Waals surface area (Å²) in [6.45, 7) is 0. The number of carbonyl (C=O) groups is 1. The highest BCUT2D eigenvalue weighted by molar-refractivity contribution is 8.15. The van der Waals surface area contributed by atoms with E-state index in [0.717, 1.165) is 11.3 Å². The van der Waals surface area contributed by atoms with E-state index in [4.69, 9.17) is 11.6 Å². The van der Waals surface area contributed by atoms with Crippen molar-refractivity contribution in [3.63, 3.8) is 0 Å². The first-order valence-electron chi connectivity index (χ1n) is 8.83. The molecule has 0 spiro atoms. The van der Waals surface area contributed by atoms with Crippen LogP contribution in [-0.2, 0) is 21.1 Å². The number of carbonyl (C=O) groups excluding carboxylic acids is 1. The fraction of sp³-hybridized carbons (Fsp3) is 0.263. The first kappa shape index (κ1) is 20.2. The average Bonchev–Trinajstić information content (AvgIpc) is 3.12. The maximum Gasteiger partial charge on any atom is 0.228 e. The second-order valence-electron chi connectivity index (χ2n) is 6.91. The maximum atomic E-state index is 13.2. The van der Waals surface area contributed by atoms with E-state index in [9.17, 15) is 17.6 Å². The maximum absolute atomic E-state index is 13.2. The number of nitrogens with one attached hydrogen (secondary N) is 2. The molecule has 0 unspecified atom stereocenters. The van der Waals surface area contributed by atoms with Gasteiger partial charge in [-0.3, -0.25) is 9.79 Å². The van der Waals surface area contributed by atoms with Crippen LogP contribution in [0, 0.1) is 5.82 Å². The van der Waals surface area contributed by atoms with Gasteiger partial charge in [-0.15, -0.1) is 0 Å². The number of hydrogen-bond acceptors (Lipinski definition) is 6. The zero-order valence-corrected chi connectivity index (χ0v) is 17.5. The lowest BCUT2D eigenvalue weighted by Crippen LogP contribution is -2.14. The first-order chi connectivity index (χ1) is 13.8. The van der Waals surface area contributed by atoms with Crippen molar-refractivity contribution in [3.05, 3.63) is 58.9 Å². The van der Waals surface area contributed by atoms with Crippen molar-refractivity contribution in [1.82, 2.24) is 0 Å². The van der Waals surface area contributed by atoms with Crippen LogP contribution in [0.4, 0.5) is 15.8 Å². The SMILES string of the molecule is O=C(Cc1ccc(NC2=N[C@@H]3CS(=O)(=O)C[C@@H]3S2)cc1)Nc1ccc(F)c(Cl)c1. The number of sulfone groups is 1. The van der Waals surface area contributed by atoms with Crippen molar-refractivity contribution in [3.8, 4) is 0 Å². The normalized spacial score (nSPS) is 22.1. The van der Waals surface area contributed by atoms with E-state index in [1.54, 1.807) is 0 Å². The second kappa shape index (κ2) is 7.97. The Labute approximate surface area is 176 Å². The van der Waals surface area contributed by atoms with Crippen LogP contribution < -0.4 is 10.6 Å². The third-order valence-corrected chi connectivity index (χ3v) is 8.02. The number of thioether (sulfide) groups is 1. The van der Waals surface area contributed by atoms with Gasteiger partial charge in [0.15, 0.2) is 15.0 Å². The van der Waals surface area contributed by atoms with E-state index in [0.29, 0.717) is 10.9 Å². The molecule has 10 heteroatoms. The standard InChI is InChI=1S/C19H17ClFN3O3S2/c20-14-8-13(5-6-15(14)21)22-18(25)7-11-1-3-12(4-2-11)23-19-24-16-9-29(26,27)10-17(16)28-19/h1-6,8,16-17H,7,9-10H2,(H,22,25)(H,23,24)/t16-,17+/m1/s1. The minimum Gasteiger partial charge on any atom is -0.335 e. The topological polar surface area (TPSA) is 87.6 Å². The molecule has 0 aliphatic carbocycles. The van der Waals surface area contributed by atoms with Crippen LogP contribution in [0.5, 0.6) is 0 Å². The van der Waals surface area contributed by atoms with Gasteiger partial charge < -0.3 is 10.6 Å². The number of aliphatic imine (C=N–C) groups is 1. The Bertz CT molecular complexity index is 1090.